The fraction of sp³-hybridized carbons (Fsp3) is 0.542. The standard InChI is InChI=1S/C24H32N4O4.ClH/c29-23(30)6-3-13-25-24(31)18-16-26-28(17-18)20-7-9-21(10-8-20)32-22-11-14-27(15-12-22)19-4-1-2-5-19;/h7-10,16-17,19,22H,1-6,11-15H2,(H,25,31)(H,29,30);1H. The maximum atomic E-state index is 12.2. The van der Waals surface area contributed by atoms with Crippen LogP contribution in [0.25, 0.3) is 5.69 Å². The van der Waals surface area contributed by atoms with Crippen molar-refractivity contribution in [1.29, 1.82) is 0 Å². The molecule has 0 unspecified atom stereocenters. The number of aliphatic carboxylic acids is 1. The Balaban J connectivity index is 0.00000306. The van der Waals surface area contributed by atoms with Gasteiger partial charge >= 0.3 is 5.97 Å². The number of hydrogen-bond donors (Lipinski definition) is 2. The number of benzene rings is 1. The monoisotopic (exact) mass is 476 g/mol. The molecular formula is C24H33ClN4O4. The Morgan fingerprint density at radius 2 is 1.79 bits per heavy atom. The zero-order valence-electron chi connectivity index (χ0n) is 18.8. The first-order chi connectivity index (χ1) is 15.6. The lowest BCUT2D eigenvalue weighted by molar-refractivity contribution is -0.137. The Morgan fingerprint density at radius 3 is 2.45 bits per heavy atom. The molecule has 1 saturated carbocycles. The number of aromatic nitrogens is 2. The molecule has 0 radical (unpaired) electrons. The van der Waals surface area contributed by atoms with Crippen molar-refractivity contribution in [2.75, 3.05) is 19.6 Å². The van der Waals surface area contributed by atoms with Crippen molar-refractivity contribution in [1.82, 2.24) is 20.0 Å². The molecule has 180 valence electrons. The summed E-state index contributed by atoms with van der Waals surface area (Å²) in [4.78, 5) is 25.4. The largest absolute Gasteiger partial charge is 0.490 e. The van der Waals surface area contributed by atoms with Gasteiger partial charge in [0, 0.05) is 38.3 Å². The van der Waals surface area contributed by atoms with Crippen LogP contribution in [0.3, 0.4) is 0 Å². The Kier molecular flexibility index (Phi) is 9.14. The Morgan fingerprint density at radius 1 is 1.09 bits per heavy atom. The van der Waals surface area contributed by atoms with E-state index in [1.54, 1.807) is 10.9 Å². The summed E-state index contributed by atoms with van der Waals surface area (Å²) in [5, 5.41) is 15.6. The number of likely N-dealkylation sites (tertiary alicyclic amines) is 1. The zero-order valence-corrected chi connectivity index (χ0v) is 19.6. The van der Waals surface area contributed by atoms with Gasteiger partial charge in [0.15, 0.2) is 0 Å². The molecule has 2 aromatic rings. The fourth-order valence-corrected chi connectivity index (χ4v) is 4.62. The van der Waals surface area contributed by atoms with Gasteiger partial charge in [-0.1, -0.05) is 12.8 Å². The van der Waals surface area contributed by atoms with Gasteiger partial charge in [0.1, 0.15) is 11.9 Å². The maximum absolute atomic E-state index is 12.2. The van der Waals surface area contributed by atoms with Crippen molar-refractivity contribution in [3.05, 3.63) is 42.2 Å². The van der Waals surface area contributed by atoms with Gasteiger partial charge in [0.05, 0.1) is 17.4 Å². The normalized spacial score (nSPS) is 17.5. The quantitative estimate of drug-likeness (QED) is 0.536. The predicted molar refractivity (Wildman–Crippen MR) is 127 cm³/mol. The molecule has 2 heterocycles. The van der Waals surface area contributed by atoms with E-state index in [4.69, 9.17) is 9.84 Å². The summed E-state index contributed by atoms with van der Waals surface area (Å²) in [6.07, 6.45) is 11.5. The zero-order chi connectivity index (χ0) is 22.3. The van der Waals surface area contributed by atoms with Crippen LogP contribution in [-0.4, -0.2) is 63.4 Å². The van der Waals surface area contributed by atoms with Crippen LogP contribution in [0.4, 0.5) is 0 Å². The predicted octanol–water partition coefficient (Wildman–Crippen LogP) is 3.67. The number of ether oxygens (including phenoxy) is 1. The first-order valence-electron chi connectivity index (χ1n) is 11.6. The minimum atomic E-state index is -0.867. The SMILES string of the molecule is Cl.O=C(O)CCCNC(=O)c1cnn(-c2ccc(OC3CCN(C4CCCC4)CC3)cc2)c1. The average molecular weight is 477 g/mol. The molecule has 2 N–H and O–H groups in total. The highest BCUT2D eigenvalue weighted by Crippen LogP contribution is 2.27. The number of hydrogen-bond acceptors (Lipinski definition) is 5. The minimum absolute atomic E-state index is 0. The lowest BCUT2D eigenvalue weighted by Crippen LogP contribution is -2.43. The van der Waals surface area contributed by atoms with E-state index in [2.05, 4.69) is 15.3 Å². The van der Waals surface area contributed by atoms with E-state index in [1.807, 2.05) is 24.3 Å². The van der Waals surface area contributed by atoms with Crippen LogP contribution >= 0.6 is 12.4 Å². The van der Waals surface area contributed by atoms with Gasteiger partial charge in [-0.15, -0.1) is 12.4 Å². The average Bonchev–Trinajstić information content (AvgIpc) is 3.50. The van der Waals surface area contributed by atoms with Gasteiger partial charge in [-0.05, 0) is 56.4 Å². The number of rotatable bonds is 9. The molecule has 33 heavy (non-hydrogen) atoms. The second-order valence-electron chi connectivity index (χ2n) is 8.71. The van der Waals surface area contributed by atoms with Crippen molar-refractivity contribution in [2.45, 2.75) is 63.5 Å². The molecule has 1 aliphatic heterocycles. The fourth-order valence-electron chi connectivity index (χ4n) is 4.62. The van der Waals surface area contributed by atoms with Crippen molar-refractivity contribution < 1.29 is 19.4 Å². The Hall–Kier alpha value is -2.58. The van der Waals surface area contributed by atoms with Gasteiger partial charge in [0.25, 0.3) is 5.91 Å². The molecule has 4 rings (SSSR count). The van der Waals surface area contributed by atoms with Gasteiger partial charge in [0.2, 0.25) is 0 Å². The van der Waals surface area contributed by atoms with Gasteiger partial charge in [-0.2, -0.15) is 5.10 Å². The van der Waals surface area contributed by atoms with Crippen LogP contribution in [0.2, 0.25) is 0 Å². The first kappa shape index (κ1) is 25.1. The number of carboxylic acid groups (broad SMARTS) is 1. The van der Waals surface area contributed by atoms with Crippen LogP contribution < -0.4 is 10.1 Å². The molecular weight excluding hydrogens is 444 g/mol. The Bertz CT molecular complexity index is 903. The third kappa shape index (κ3) is 6.95. The van der Waals surface area contributed by atoms with Gasteiger partial charge < -0.3 is 20.1 Å². The number of carbonyl (C=O) groups excluding carboxylic acids is 1. The van der Waals surface area contributed by atoms with E-state index in [-0.39, 0.29) is 30.8 Å². The molecule has 1 aromatic heterocycles. The molecule has 8 nitrogen and oxygen atoms in total. The number of amides is 1. The topological polar surface area (TPSA) is 96.7 Å². The van der Waals surface area contributed by atoms with Crippen LogP contribution in [0.5, 0.6) is 5.75 Å². The molecule has 9 heteroatoms. The molecule has 1 amide bonds. The molecule has 0 spiro atoms. The van der Waals surface area contributed by atoms with Crippen molar-refractivity contribution in [2.24, 2.45) is 0 Å². The summed E-state index contributed by atoms with van der Waals surface area (Å²) in [5.74, 6) is -0.267. The lowest BCUT2D eigenvalue weighted by atomic mass is 10.0. The third-order valence-corrected chi connectivity index (χ3v) is 6.42. The van der Waals surface area contributed by atoms with Crippen LogP contribution in [0.1, 0.15) is 61.7 Å². The summed E-state index contributed by atoms with van der Waals surface area (Å²) >= 11 is 0. The van der Waals surface area contributed by atoms with Crippen LogP contribution in [-0.2, 0) is 4.79 Å². The molecule has 2 aliphatic rings. The number of carboxylic acids is 1. The summed E-state index contributed by atoms with van der Waals surface area (Å²) < 4.78 is 7.86. The number of halogens is 1. The molecule has 0 atom stereocenters. The summed E-state index contributed by atoms with van der Waals surface area (Å²) in [6.45, 7) is 2.58. The summed E-state index contributed by atoms with van der Waals surface area (Å²) in [6, 6.07) is 8.56. The highest BCUT2D eigenvalue weighted by Gasteiger charge is 2.27. The number of nitrogens with zero attached hydrogens (tertiary/aromatic N) is 3. The molecule has 1 saturated heterocycles. The lowest BCUT2D eigenvalue weighted by Gasteiger charge is -2.36. The molecule has 0 bridgehead atoms. The van der Waals surface area contributed by atoms with E-state index in [1.165, 1.54) is 31.9 Å². The van der Waals surface area contributed by atoms with Gasteiger partial charge in [-0.3, -0.25) is 9.59 Å². The smallest absolute Gasteiger partial charge is 0.303 e. The second kappa shape index (κ2) is 12.0. The third-order valence-electron chi connectivity index (χ3n) is 6.42. The highest BCUT2D eigenvalue weighted by atomic mass is 35.5. The molecule has 1 aromatic carbocycles. The van der Waals surface area contributed by atoms with Crippen LogP contribution in [0, 0.1) is 0 Å². The first-order valence-corrected chi connectivity index (χ1v) is 11.6. The Labute approximate surface area is 200 Å². The van der Waals surface area contributed by atoms with Crippen LogP contribution in [0.15, 0.2) is 36.7 Å². The van der Waals surface area contributed by atoms with Crippen molar-refractivity contribution in [3.8, 4) is 11.4 Å². The maximum Gasteiger partial charge on any atom is 0.303 e. The van der Waals surface area contributed by atoms with Crippen molar-refractivity contribution in [3.63, 3.8) is 0 Å². The minimum Gasteiger partial charge on any atom is -0.490 e. The van der Waals surface area contributed by atoms with E-state index >= 15 is 0 Å². The summed E-state index contributed by atoms with van der Waals surface area (Å²) in [5.41, 5.74) is 1.29. The highest BCUT2D eigenvalue weighted by molar-refractivity contribution is 5.93. The van der Waals surface area contributed by atoms with E-state index in [0.29, 0.717) is 18.5 Å². The number of nitrogens with one attached hydrogen (secondary N) is 1. The summed E-state index contributed by atoms with van der Waals surface area (Å²) in [7, 11) is 0. The van der Waals surface area contributed by atoms with Crippen molar-refractivity contribution >= 4 is 24.3 Å². The number of carbonyl (C=O) groups is 2. The van der Waals surface area contributed by atoms with Gasteiger partial charge in [-0.25, -0.2) is 4.68 Å². The number of piperidine rings is 1. The van der Waals surface area contributed by atoms with E-state index < -0.39 is 5.97 Å². The molecule has 1 aliphatic carbocycles. The van der Waals surface area contributed by atoms with E-state index in [9.17, 15) is 9.59 Å². The molecule has 2 fully saturated rings. The van der Waals surface area contributed by atoms with E-state index in [0.717, 1.165) is 43.4 Å². The second-order valence-corrected chi connectivity index (χ2v) is 8.71.